The minimum Gasteiger partial charge on any atom is -0.477 e. The van der Waals surface area contributed by atoms with Crippen molar-refractivity contribution >= 4 is 39.9 Å². The van der Waals surface area contributed by atoms with Crippen molar-refractivity contribution in [2.24, 2.45) is 0 Å². The second kappa shape index (κ2) is 6.56. The Balaban J connectivity index is 2.20. The van der Waals surface area contributed by atoms with Crippen LogP contribution in [-0.4, -0.2) is 30.0 Å². The van der Waals surface area contributed by atoms with Crippen LogP contribution in [-0.2, 0) is 11.3 Å². The fourth-order valence-corrected chi connectivity index (χ4v) is 4.01. The Bertz CT molecular complexity index is 905. The topological polar surface area (TPSA) is 107 Å². The van der Waals surface area contributed by atoms with Gasteiger partial charge in [0.25, 0.3) is 11.3 Å². The molecule has 0 aliphatic heterocycles. The van der Waals surface area contributed by atoms with Crippen molar-refractivity contribution in [3.8, 4) is 10.4 Å². The lowest BCUT2D eigenvalue weighted by Crippen LogP contribution is -2.21. The highest BCUT2D eigenvalue weighted by Gasteiger charge is 2.26. The summed E-state index contributed by atoms with van der Waals surface area (Å²) in [6.45, 7) is 1.79. The number of para-hydroxylation sites is 1. The first-order valence-corrected chi connectivity index (χ1v) is 8.70. The maximum absolute atomic E-state index is 12.0. The number of aromatic nitrogens is 2. The van der Waals surface area contributed by atoms with Crippen LogP contribution in [0.5, 0.6) is 0 Å². The minimum atomic E-state index is -2.42. The standard InChI is InChI=1S/C15H13N3O4S2/c1-9-4-2-3-5-11(9)18(24(21)22)12-6-13(10-7-16-17-8-10)23-14(12)15(19)20/h2-8H,1H3,(H,16,17)(H,19,20)(H,21,22). The summed E-state index contributed by atoms with van der Waals surface area (Å²) in [5.41, 5.74) is 2.10. The van der Waals surface area contributed by atoms with Crippen molar-refractivity contribution in [1.29, 1.82) is 0 Å². The molecule has 0 aliphatic carbocycles. The largest absolute Gasteiger partial charge is 0.477 e. The van der Waals surface area contributed by atoms with E-state index in [9.17, 15) is 18.7 Å². The normalized spacial score (nSPS) is 12.1. The molecule has 0 radical (unpaired) electrons. The van der Waals surface area contributed by atoms with Crippen molar-refractivity contribution in [3.05, 3.63) is 53.2 Å². The van der Waals surface area contributed by atoms with E-state index >= 15 is 0 Å². The van der Waals surface area contributed by atoms with E-state index in [1.54, 1.807) is 49.6 Å². The quantitative estimate of drug-likeness (QED) is 0.602. The average Bonchev–Trinajstić information content (AvgIpc) is 3.18. The van der Waals surface area contributed by atoms with Crippen molar-refractivity contribution in [2.45, 2.75) is 6.92 Å². The van der Waals surface area contributed by atoms with Gasteiger partial charge < -0.3 is 5.11 Å². The summed E-state index contributed by atoms with van der Waals surface area (Å²) >= 11 is -1.40. The number of carbonyl (C=O) groups is 1. The number of nitrogens with zero attached hydrogens (tertiary/aromatic N) is 2. The minimum absolute atomic E-state index is 0.0168. The molecule has 0 saturated carbocycles. The molecule has 24 heavy (non-hydrogen) atoms. The number of thiophene rings is 1. The monoisotopic (exact) mass is 363 g/mol. The van der Waals surface area contributed by atoms with Crippen molar-refractivity contribution in [3.63, 3.8) is 0 Å². The number of carboxylic acids is 1. The molecule has 3 rings (SSSR count). The van der Waals surface area contributed by atoms with E-state index in [0.29, 0.717) is 16.1 Å². The molecule has 1 unspecified atom stereocenters. The van der Waals surface area contributed by atoms with E-state index in [0.717, 1.165) is 21.2 Å². The third kappa shape index (κ3) is 2.96. The molecule has 0 spiro atoms. The molecule has 2 heterocycles. The van der Waals surface area contributed by atoms with E-state index < -0.39 is 17.2 Å². The lowest BCUT2D eigenvalue weighted by molar-refractivity contribution is 0.0703. The molecular weight excluding hydrogens is 350 g/mol. The van der Waals surface area contributed by atoms with Gasteiger partial charge >= 0.3 is 5.97 Å². The Labute approximate surface area is 144 Å². The van der Waals surface area contributed by atoms with Gasteiger partial charge in [-0.1, -0.05) is 18.2 Å². The van der Waals surface area contributed by atoms with Gasteiger partial charge in [-0.25, -0.2) is 13.3 Å². The number of anilines is 2. The third-order valence-corrected chi connectivity index (χ3v) is 5.27. The first-order chi connectivity index (χ1) is 11.5. The zero-order valence-electron chi connectivity index (χ0n) is 12.5. The summed E-state index contributed by atoms with van der Waals surface area (Å²) in [5, 5.41) is 16.0. The number of aryl methyl sites for hydroxylation is 1. The van der Waals surface area contributed by atoms with Crippen molar-refractivity contribution < 1.29 is 18.7 Å². The SMILES string of the molecule is Cc1ccccc1N(c1cc(-c2cn[nH]c2)sc1C(=O)O)S(=O)O. The summed E-state index contributed by atoms with van der Waals surface area (Å²) < 4.78 is 22.8. The third-order valence-electron chi connectivity index (χ3n) is 3.40. The van der Waals surface area contributed by atoms with Gasteiger partial charge in [0.15, 0.2) is 0 Å². The lowest BCUT2D eigenvalue weighted by atomic mass is 10.2. The van der Waals surface area contributed by atoms with Crippen LogP contribution in [0.3, 0.4) is 0 Å². The number of H-pyrrole nitrogens is 1. The number of rotatable bonds is 5. The van der Waals surface area contributed by atoms with Gasteiger partial charge in [0, 0.05) is 16.6 Å². The second-order valence-electron chi connectivity index (χ2n) is 4.93. The number of carboxylic acid groups (broad SMARTS) is 1. The Morgan fingerprint density at radius 1 is 1.33 bits per heavy atom. The fourth-order valence-electron chi connectivity index (χ4n) is 2.30. The van der Waals surface area contributed by atoms with Gasteiger partial charge in [0.2, 0.25) is 0 Å². The maximum atomic E-state index is 12.0. The summed E-state index contributed by atoms with van der Waals surface area (Å²) in [5.74, 6) is -1.16. The van der Waals surface area contributed by atoms with Crippen LogP contribution < -0.4 is 4.31 Å². The van der Waals surface area contributed by atoms with Crippen LogP contribution in [0.1, 0.15) is 15.2 Å². The Kier molecular flexibility index (Phi) is 4.47. The Hall–Kier alpha value is -2.49. The summed E-state index contributed by atoms with van der Waals surface area (Å²) in [6, 6.07) is 8.58. The van der Waals surface area contributed by atoms with Gasteiger partial charge in [-0.05, 0) is 24.6 Å². The first-order valence-electron chi connectivity index (χ1n) is 6.82. The number of benzene rings is 1. The molecule has 0 aliphatic rings. The van der Waals surface area contributed by atoms with Crippen LogP contribution in [0.4, 0.5) is 11.4 Å². The van der Waals surface area contributed by atoms with E-state index in [2.05, 4.69) is 10.2 Å². The van der Waals surface area contributed by atoms with Crippen LogP contribution >= 0.6 is 11.3 Å². The molecule has 2 aromatic heterocycles. The number of aromatic amines is 1. The predicted octanol–water partition coefficient (Wildman–Crippen LogP) is 3.42. The van der Waals surface area contributed by atoms with Crippen LogP contribution in [0, 0.1) is 6.92 Å². The average molecular weight is 363 g/mol. The summed E-state index contributed by atoms with van der Waals surface area (Å²) in [6.07, 6.45) is 3.20. The molecule has 0 fully saturated rings. The summed E-state index contributed by atoms with van der Waals surface area (Å²) in [4.78, 5) is 12.2. The number of hydrogen-bond acceptors (Lipinski definition) is 4. The fraction of sp³-hybridized carbons (Fsp3) is 0.0667. The van der Waals surface area contributed by atoms with Crippen LogP contribution in [0.15, 0.2) is 42.7 Å². The molecule has 9 heteroatoms. The van der Waals surface area contributed by atoms with Gasteiger partial charge in [0.05, 0.1) is 17.6 Å². The molecule has 124 valence electrons. The summed E-state index contributed by atoms with van der Waals surface area (Å²) in [7, 11) is 0. The lowest BCUT2D eigenvalue weighted by Gasteiger charge is -2.21. The van der Waals surface area contributed by atoms with Gasteiger partial charge in [-0.15, -0.1) is 11.3 Å². The van der Waals surface area contributed by atoms with E-state index in [1.165, 1.54) is 0 Å². The number of nitrogens with one attached hydrogen (secondary N) is 1. The van der Waals surface area contributed by atoms with Gasteiger partial charge in [-0.3, -0.25) is 9.65 Å². The highest BCUT2D eigenvalue weighted by Crippen LogP contribution is 2.40. The number of hydrogen-bond donors (Lipinski definition) is 3. The van der Waals surface area contributed by atoms with Crippen LogP contribution in [0.25, 0.3) is 10.4 Å². The van der Waals surface area contributed by atoms with Crippen LogP contribution in [0.2, 0.25) is 0 Å². The molecule has 3 aromatic rings. The second-order valence-corrected chi connectivity index (χ2v) is 6.81. The molecule has 3 N–H and O–H groups in total. The van der Waals surface area contributed by atoms with Crippen molar-refractivity contribution in [1.82, 2.24) is 10.2 Å². The Morgan fingerprint density at radius 3 is 2.67 bits per heavy atom. The molecule has 0 amide bonds. The smallest absolute Gasteiger partial charge is 0.348 e. The van der Waals surface area contributed by atoms with Gasteiger partial charge in [0.1, 0.15) is 4.88 Å². The molecule has 0 bridgehead atoms. The first kappa shape index (κ1) is 16.4. The number of aromatic carboxylic acids is 1. The Morgan fingerprint density at radius 2 is 2.08 bits per heavy atom. The molecule has 1 aromatic carbocycles. The molecular formula is C15H13N3O4S2. The maximum Gasteiger partial charge on any atom is 0.348 e. The zero-order valence-corrected chi connectivity index (χ0v) is 14.1. The molecule has 7 nitrogen and oxygen atoms in total. The van der Waals surface area contributed by atoms with E-state index in [1.807, 2.05) is 0 Å². The van der Waals surface area contributed by atoms with Crippen molar-refractivity contribution in [2.75, 3.05) is 4.31 Å². The molecule has 1 atom stereocenters. The van der Waals surface area contributed by atoms with E-state index in [-0.39, 0.29) is 10.6 Å². The zero-order chi connectivity index (χ0) is 17.3. The van der Waals surface area contributed by atoms with E-state index in [4.69, 9.17) is 0 Å². The highest BCUT2D eigenvalue weighted by atomic mass is 32.2. The van der Waals surface area contributed by atoms with Gasteiger partial charge in [-0.2, -0.15) is 5.10 Å². The predicted molar refractivity (Wildman–Crippen MR) is 92.9 cm³/mol. The molecule has 0 saturated heterocycles. The highest BCUT2D eigenvalue weighted by molar-refractivity contribution is 7.81.